The van der Waals surface area contributed by atoms with Gasteiger partial charge in [0.05, 0.1) is 6.54 Å². The molecule has 8 nitrogen and oxygen atoms in total. The number of anilines is 1. The predicted molar refractivity (Wildman–Crippen MR) is 98.0 cm³/mol. The molecule has 1 aromatic heterocycles. The van der Waals surface area contributed by atoms with Crippen LogP contribution in [0.3, 0.4) is 0 Å². The number of nitrogens with one attached hydrogen (secondary N) is 2. The Morgan fingerprint density at radius 1 is 1.03 bits per heavy atom. The Morgan fingerprint density at radius 3 is 2.59 bits per heavy atom. The summed E-state index contributed by atoms with van der Waals surface area (Å²) in [5, 5.41) is 12.9. The Kier molecular flexibility index (Phi) is 5.04. The lowest BCUT2D eigenvalue weighted by Crippen LogP contribution is -2.25. The van der Waals surface area contributed by atoms with Crippen molar-refractivity contribution >= 4 is 28.8 Å². The summed E-state index contributed by atoms with van der Waals surface area (Å²) in [5.74, 6) is -2.26. The molecule has 29 heavy (non-hydrogen) atoms. The first-order chi connectivity index (χ1) is 14.0. The molecule has 2 heterocycles. The van der Waals surface area contributed by atoms with Gasteiger partial charge in [0, 0.05) is 11.8 Å². The number of carbonyl (C=O) groups is 2. The molecule has 3 aromatic rings. The summed E-state index contributed by atoms with van der Waals surface area (Å²) in [6.07, 6.45) is 0. The number of aromatic nitrogens is 2. The Morgan fingerprint density at radius 2 is 1.79 bits per heavy atom. The van der Waals surface area contributed by atoms with Crippen LogP contribution in [0, 0.1) is 11.6 Å². The standard InChI is InChI=1S/C18H12F2N4O4S/c19-10-2-1-3-11(20)15(10)16(25)21-7-14-23-24-18(29-14)17(26)22-9-4-5-12-13(6-9)28-8-27-12/h1-6H,7-8H2,(H,21,25)(H,22,26). The van der Waals surface area contributed by atoms with Crippen LogP contribution in [0.5, 0.6) is 11.5 Å². The largest absolute Gasteiger partial charge is 0.454 e. The van der Waals surface area contributed by atoms with Crippen molar-refractivity contribution < 1.29 is 27.8 Å². The molecule has 0 spiro atoms. The van der Waals surface area contributed by atoms with Gasteiger partial charge >= 0.3 is 0 Å². The zero-order valence-electron chi connectivity index (χ0n) is 14.6. The maximum atomic E-state index is 13.6. The topological polar surface area (TPSA) is 102 Å². The van der Waals surface area contributed by atoms with Crippen molar-refractivity contribution in [2.24, 2.45) is 0 Å². The number of carbonyl (C=O) groups excluding carboxylic acids is 2. The summed E-state index contributed by atoms with van der Waals surface area (Å²) in [4.78, 5) is 24.3. The van der Waals surface area contributed by atoms with Crippen molar-refractivity contribution in [3.05, 3.63) is 63.6 Å². The number of benzene rings is 2. The molecule has 2 N–H and O–H groups in total. The zero-order chi connectivity index (χ0) is 20.4. The molecule has 2 aromatic carbocycles. The van der Waals surface area contributed by atoms with Crippen LogP contribution in [0.25, 0.3) is 0 Å². The molecule has 0 radical (unpaired) electrons. The van der Waals surface area contributed by atoms with Crippen LogP contribution in [0.1, 0.15) is 25.2 Å². The first-order valence-corrected chi connectivity index (χ1v) is 9.08. The molecule has 4 rings (SSSR count). The van der Waals surface area contributed by atoms with E-state index in [-0.39, 0.29) is 18.3 Å². The maximum Gasteiger partial charge on any atom is 0.286 e. The quantitative estimate of drug-likeness (QED) is 0.661. The number of amides is 2. The molecule has 0 saturated carbocycles. The third-order valence-corrected chi connectivity index (χ3v) is 4.80. The third-order valence-electron chi connectivity index (χ3n) is 3.88. The highest BCUT2D eigenvalue weighted by atomic mass is 32.1. The molecule has 0 fully saturated rings. The summed E-state index contributed by atoms with van der Waals surface area (Å²) >= 11 is 0.939. The zero-order valence-corrected chi connectivity index (χ0v) is 15.4. The highest BCUT2D eigenvalue weighted by Gasteiger charge is 2.19. The molecule has 148 valence electrons. The van der Waals surface area contributed by atoms with Gasteiger partial charge in [-0.05, 0) is 24.3 Å². The van der Waals surface area contributed by atoms with Crippen LogP contribution < -0.4 is 20.1 Å². The van der Waals surface area contributed by atoms with E-state index in [1.807, 2.05) is 0 Å². The summed E-state index contributed by atoms with van der Waals surface area (Å²) in [7, 11) is 0. The first-order valence-electron chi connectivity index (χ1n) is 8.27. The normalized spacial score (nSPS) is 11.9. The highest BCUT2D eigenvalue weighted by Crippen LogP contribution is 2.34. The van der Waals surface area contributed by atoms with Gasteiger partial charge in [-0.3, -0.25) is 9.59 Å². The molecule has 0 atom stereocenters. The molecule has 1 aliphatic rings. The minimum atomic E-state index is -0.969. The van der Waals surface area contributed by atoms with Gasteiger partial charge < -0.3 is 20.1 Å². The van der Waals surface area contributed by atoms with E-state index in [9.17, 15) is 18.4 Å². The van der Waals surface area contributed by atoms with Crippen LogP contribution in [0.15, 0.2) is 36.4 Å². The number of ether oxygens (including phenoxy) is 2. The van der Waals surface area contributed by atoms with Crippen molar-refractivity contribution in [1.82, 2.24) is 15.5 Å². The Bertz CT molecular complexity index is 1080. The average Bonchev–Trinajstić information content (AvgIpc) is 3.35. The number of hydrogen-bond donors (Lipinski definition) is 2. The van der Waals surface area contributed by atoms with E-state index in [1.165, 1.54) is 0 Å². The van der Waals surface area contributed by atoms with E-state index in [0.29, 0.717) is 22.2 Å². The van der Waals surface area contributed by atoms with Gasteiger partial charge in [0.2, 0.25) is 11.8 Å². The van der Waals surface area contributed by atoms with Gasteiger partial charge in [0.15, 0.2) is 11.5 Å². The minimum absolute atomic E-state index is 0.0592. The van der Waals surface area contributed by atoms with E-state index in [4.69, 9.17) is 9.47 Å². The molecule has 0 aliphatic carbocycles. The van der Waals surface area contributed by atoms with Gasteiger partial charge in [0.25, 0.3) is 11.8 Å². The number of rotatable bonds is 5. The van der Waals surface area contributed by atoms with E-state index in [1.54, 1.807) is 18.2 Å². The second-order valence-electron chi connectivity index (χ2n) is 5.80. The van der Waals surface area contributed by atoms with Crippen LogP contribution in [-0.2, 0) is 6.54 Å². The van der Waals surface area contributed by atoms with E-state index >= 15 is 0 Å². The lowest BCUT2D eigenvalue weighted by Gasteiger charge is -2.05. The van der Waals surface area contributed by atoms with Crippen molar-refractivity contribution in [2.75, 3.05) is 12.1 Å². The second kappa shape index (κ2) is 7.80. The van der Waals surface area contributed by atoms with Gasteiger partial charge in [-0.2, -0.15) is 0 Å². The monoisotopic (exact) mass is 418 g/mol. The van der Waals surface area contributed by atoms with Crippen LogP contribution in [0.4, 0.5) is 14.5 Å². The van der Waals surface area contributed by atoms with Crippen LogP contribution in [-0.4, -0.2) is 28.8 Å². The molecule has 1 aliphatic heterocycles. The number of hydrogen-bond acceptors (Lipinski definition) is 7. The van der Waals surface area contributed by atoms with Gasteiger partial charge in [-0.25, -0.2) is 8.78 Å². The first kappa shape index (κ1) is 18.7. The smallest absolute Gasteiger partial charge is 0.286 e. The highest BCUT2D eigenvalue weighted by molar-refractivity contribution is 7.13. The predicted octanol–water partition coefficient (Wildman–Crippen LogP) is 2.73. The lowest BCUT2D eigenvalue weighted by atomic mass is 10.2. The molecule has 0 unspecified atom stereocenters. The van der Waals surface area contributed by atoms with Crippen molar-refractivity contribution in [3.63, 3.8) is 0 Å². The summed E-state index contributed by atoms with van der Waals surface area (Å²) in [6, 6.07) is 8.07. The van der Waals surface area contributed by atoms with E-state index in [0.717, 1.165) is 29.5 Å². The van der Waals surface area contributed by atoms with Gasteiger partial charge in [0.1, 0.15) is 22.2 Å². The van der Waals surface area contributed by atoms with Crippen molar-refractivity contribution in [3.8, 4) is 11.5 Å². The fourth-order valence-corrected chi connectivity index (χ4v) is 3.21. The average molecular weight is 418 g/mol. The summed E-state index contributed by atoms with van der Waals surface area (Å²) < 4.78 is 37.7. The molecule has 2 amide bonds. The van der Waals surface area contributed by atoms with E-state index < -0.39 is 29.0 Å². The number of fused-ring (bicyclic) bond motifs is 1. The third kappa shape index (κ3) is 3.99. The van der Waals surface area contributed by atoms with Crippen LogP contribution >= 0.6 is 11.3 Å². The van der Waals surface area contributed by atoms with Gasteiger partial charge in [-0.15, -0.1) is 10.2 Å². The fraction of sp³-hybridized carbons (Fsp3) is 0.111. The number of halogens is 2. The molecular formula is C18H12F2N4O4S. The van der Waals surface area contributed by atoms with Crippen molar-refractivity contribution in [2.45, 2.75) is 6.54 Å². The number of nitrogens with zero attached hydrogens (tertiary/aromatic N) is 2. The van der Waals surface area contributed by atoms with E-state index in [2.05, 4.69) is 20.8 Å². The summed E-state index contributed by atoms with van der Waals surface area (Å²) in [5.41, 5.74) is -0.197. The fourth-order valence-electron chi connectivity index (χ4n) is 2.53. The Labute approximate surface area is 166 Å². The second-order valence-corrected chi connectivity index (χ2v) is 6.86. The minimum Gasteiger partial charge on any atom is -0.454 e. The lowest BCUT2D eigenvalue weighted by molar-refractivity contribution is 0.0941. The van der Waals surface area contributed by atoms with Crippen molar-refractivity contribution in [1.29, 1.82) is 0 Å². The van der Waals surface area contributed by atoms with Crippen LogP contribution in [0.2, 0.25) is 0 Å². The Hall–Kier alpha value is -3.60. The summed E-state index contributed by atoms with van der Waals surface area (Å²) in [6.45, 7) is -0.0173. The molecular weight excluding hydrogens is 406 g/mol. The SMILES string of the molecule is O=C(Nc1ccc2c(c1)OCO2)c1nnc(CNC(=O)c2c(F)cccc2F)s1. The Balaban J connectivity index is 1.38. The molecule has 0 bridgehead atoms. The molecule has 11 heteroatoms. The van der Waals surface area contributed by atoms with Gasteiger partial charge in [-0.1, -0.05) is 17.4 Å². The molecule has 0 saturated heterocycles. The maximum absolute atomic E-state index is 13.6.